The first-order valence-corrected chi connectivity index (χ1v) is 11.3. The number of aryl methyl sites for hydroxylation is 1. The molecular formula is C27H33N3O. The molecule has 1 aliphatic heterocycles. The number of carbonyl (C=O) groups excluding carboxylic acids is 1. The van der Waals surface area contributed by atoms with Crippen LogP contribution in [-0.2, 0) is 6.54 Å². The van der Waals surface area contributed by atoms with Crippen molar-refractivity contribution in [3.8, 4) is 0 Å². The summed E-state index contributed by atoms with van der Waals surface area (Å²) in [7, 11) is 0. The monoisotopic (exact) mass is 415 g/mol. The number of nitrogens with zero attached hydrogens (tertiary/aromatic N) is 2. The maximum atomic E-state index is 13.3. The third kappa shape index (κ3) is 4.91. The van der Waals surface area contributed by atoms with Crippen LogP contribution in [-0.4, -0.2) is 46.4 Å². The molecule has 0 saturated carbocycles. The van der Waals surface area contributed by atoms with Crippen LogP contribution >= 0.6 is 0 Å². The summed E-state index contributed by atoms with van der Waals surface area (Å²) in [5.41, 5.74) is 4.76. The van der Waals surface area contributed by atoms with Gasteiger partial charge in [0.2, 0.25) is 0 Å². The summed E-state index contributed by atoms with van der Waals surface area (Å²) < 4.78 is 0. The molecule has 2 atom stereocenters. The largest absolute Gasteiger partial charge is 0.364 e. The highest BCUT2D eigenvalue weighted by Crippen LogP contribution is 2.36. The van der Waals surface area contributed by atoms with Crippen molar-refractivity contribution in [1.82, 2.24) is 14.8 Å². The topological polar surface area (TPSA) is 39.3 Å². The molecule has 1 N–H and O–H groups in total. The average Bonchev–Trinajstić information content (AvgIpc) is 3.42. The molecule has 3 aromatic rings. The number of nitrogens with one attached hydrogen (secondary N) is 1. The SMILES string of the molecule is Cc1ccccc1[C@H]1CN(Cc2ccc[nH]2)C[C@H]1CN(C(=O)c1ccccc1)C(C)C. The summed E-state index contributed by atoms with van der Waals surface area (Å²) in [6.07, 6.45) is 1.99. The van der Waals surface area contributed by atoms with Gasteiger partial charge in [-0.1, -0.05) is 42.5 Å². The first-order chi connectivity index (χ1) is 15.0. The van der Waals surface area contributed by atoms with Gasteiger partial charge < -0.3 is 9.88 Å². The van der Waals surface area contributed by atoms with Crippen LogP contribution in [0, 0.1) is 12.8 Å². The highest BCUT2D eigenvalue weighted by atomic mass is 16.2. The fourth-order valence-corrected chi connectivity index (χ4v) is 4.86. The van der Waals surface area contributed by atoms with Gasteiger partial charge in [-0.2, -0.15) is 0 Å². The van der Waals surface area contributed by atoms with Gasteiger partial charge in [0, 0.05) is 55.6 Å². The Hall–Kier alpha value is -2.85. The molecule has 0 unspecified atom stereocenters. The number of carbonyl (C=O) groups is 1. The molecule has 1 fully saturated rings. The van der Waals surface area contributed by atoms with Gasteiger partial charge in [-0.05, 0) is 62.1 Å². The lowest BCUT2D eigenvalue weighted by atomic mass is 9.86. The minimum atomic E-state index is 0.127. The van der Waals surface area contributed by atoms with E-state index >= 15 is 0 Å². The molecule has 4 heteroatoms. The molecule has 1 saturated heterocycles. The highest BCUT2D eigenvalue weighted by molar-refractivity contribution is 5.94. The van der Waals surface area contributed by atoms with Gasteiger partial charge in [-0.25, -0.2) is 0 Å². The number of amides is 1. The molecule has 2 heterocycles. The van der Waals surface area contributed by atoms with Crippen LogP contribution < -0.4 is 0 Å². The second-order valence-corrected chi connectivity index (χ2v) is 9.03. The van der Waals surface area contributed by atoms with Crippen molar-refractivity contribution < 1.29 is 4.79 Å². The molecule has 1 aliphatic rings. The second-order valence-electron chi connectivity index (χ2n) is 9.03. The first kappa shape index (κ1) is 21.4. The van der Waals surface area contributed by atoms with Gasteiger partial charge in [0.25, 0.3) is 5.91 Å². The molecule has 2 aromatic carbocycles. The maximum absolute atomic E-state index is 13.3. The summed E-state index contributed by atoms with van der Waals surface area (Å²) >= 11 is 0. The third-order valence-corrected chi connectivity index (χ3v) is 6.50. The first-order valence-electron chi connectivity index (χ1n) is 11.3. The molecule has 4 rings (SSSR count). The summed E-state index contributed by atoms with van der Waals surface area (Å²) in [5.74, 6) is 0.939. The smallest absolute Gasteiger partial charge is 0.254 e. The quantitative estimate of drug-likeness (QED) is 0.584. The average molecular weight is 416 g/mol. The Morgan fingerprint density at radius 1 is 1.03 bits per heavy atom. The Morgan fingerprint density at radius 2 is 1.77 bits per heavy atom. The lowest BCUT2D eigenvalue weighted by Gasteiger charge is -2.32. The van der Waals surface area contributed by atoms with Crippen molar-refractivity contribution in [1.29, 1.82) is 0 Å². The van der Waals surface area contributed by atoms with Gasteiger partial charge in [0.05, 0.1) is 0 Å². The zero-order valence-electron chi connectivity index (χ0n) is 18.8. The molecule has 4 nitrogen and oxygen atoms in total. The molecule has 0 radical (unpaired) electrons. The lowest BCUT2D eigenvalue weighted by Crippen LogP contribution is -2.42. The highest BCUT2D eigenvalue weighted by Gasteiger charge is 2.37. The Labute approximate surface area is 185 Å². The van der Waals surface area contributed by atoms with Gasteiger partial charge in [-0.3, -0.25) is 9.69 Å². The van der Waals surface area contributed by atoms with E-state index in [-0.39, 0.29) is 11.9 Å². The van der Waals surface area contributed by atoms with Crippen LogP contribution in [0.3, 0.4) is 0 Å². The van der Waals surface area contributed by atoms with Crippen LogP contribution in [0.15, 0.2) is 72.9 Å². The standard InChI is InChI=1S/C27H33N3O/c1-20(2)30(27(31)22-11-5-4-6-12-22)17-23-16-29(18-24-13-9-15-28-24)19-26(23)25-14-8-7-10-21(25)3/h4-15,20,23,26,28H,16-19H2,1-3H3/t23-,26-/m0/s1. The van der Waals surface area contributed by atoms with E-state index < -0.39 is 0 Å². The summed E-state index contributed by atoms with van der Waals surface area (Å²) in [4.78, 5) is 21.3. The van der Waals surface area contributed by atoms with E-state index in [1.807, 2.05) is 36.5 Å². The maximum Gasteiger partial charge on any atom is 0.254 e. The predicted molar refractivity (Wildman–Crippen MR) is 126 cm³/mol. The Bertz CT molecular complexity index is 981. The van der Waals surface area contributed by atoms with E-state index in [9.17, 15) is 4.79 Å². The van der Waals surface area contributed by atoms with Crippen molar-refractivity contribution in [2.45, 2.75) is 39.3 Å². The van der Waals surface area contributed by atoms with E-state index in [0.29, 0.717) is 11.8 Å². The molecule has 0 bridgehead atoms. The van der Waals surface area contributed by atoms with Gasteiger partial charge in [0.15, 0.2) is 0 Å². The van der Waals surface area contributed by atoms with Crippen molar-refractivity contribution in [3.05, 3.63) is 95.3 Å². The lowest BCUT2D eigenvalue weighted by molar-refractivity contribution is 0.0668. The molecule has 1 aromatic heterocycles. The zero-order valence-corrected chi connectivity index (χ0v) is 18.8. The molecule has 1 amide bonds. The Kier molecular flexibility index (Phi) is 6.57. The number of aromatic amines is 1. The normalized spacial score (nSPS) is 19.1. The number of aromatic nitrogens is 1. The summed E-state index contributed by atoms with van der Waals surface area (Å²) in [6, 6.07) is 22.8. The van der Waals surface area contributed by atoms with Crippen LogP contribution in [0.25, 0.3) is 0 Å². The van der Waals surface area contributed by atoms with E-state index in [1.165, 1.54) is 16.8 Å². The molecule has 0 spiro atoms. The van der Waals surface area contributed by atoms with Gasteiger partial charge in [0.1, 0.15) is 0 Å². The summed E-state index contributed by atoms with van der Waals surface area (Å²) in [6.45, 7) is 10.1. The number of H-pyrrole nitrogens is 1. The van der Waals surface area contributed by atoms with Gasteiger partial charge in [-0.15, -0.1) is 0 Å². The Morgan fingerprint density at radius 3 is 2.45 bits per heavy atom. The minimum Gasteiger partial charge on any atom is -0.364 e. The number of likely N-dealkylation sites (tertiary alicyclic amines) is 1. The number of hydrogen-bond acceptors (Lipinski definition) is 2. The van der Waals surface area contributed by atoms with Crippen LogP contribution in [0.5, 0.6) is 0 Å². The van der Waals surface area contributed by atoms with Crippen molar-refractivity contribution in [3.63, 3.8) is 0 Å². The van der Waals surface area contributed by atoms with Crippen LogP contribution in [0.1, 0.15) is 46.9 Å². The minimum absolute atomic E-state index is 0.127. The zero-order chi connectivity index (χ0) is 21.8. The fraction of sp³-hybridized carbons (Fsp3) is 0.370. The molecule has 0 aliphatic carbocycles. The van der Waals surface area contributed by atoms with E-state index in [2.05, 4.69) is 72.0 Å². The molecule has 31 heavy (non-hydrogen) atoms. The van der Waals surface area contributed by atoms with E-state index in [1.54, 1.807) is 0 Å². The predicted octanol–water partition coefficient (Wildman–Crippen LogP) is 5.09. The fourth-order valence-electron chi connectivity index (χ4n) is 4.86. The Balaban J connectivity index is 1.59. The number of benzene rings is 2. The second kappa shape index (κ2) is 9.52. The van der Waals surface area contributed by atoms with Crippen LogP contribution in [0.4, 0.5) is 0 Å². The van der Waals surface area contributed by atoms with E-state index in [4.69, 9.17) is 0 Å². The number of rotatable bonds is 7. The molecule has 162 valence electrons. The van der Waals surface area contributed by atoms with Crippen LogP contribution in [0.2, 0.25) is 0 Å². The third-order valence-electron chi connectivity index (χ3n) is 6.50. The van der Waals surface area contributed by atoms with Gasteiger partial charge >= 0.3 is 0 Å². The van der Waals surface area contributed by atoms with Crippen molar-refractivity contribution in [2.24, 2.45) is 5.92 Å². The van der Waals surface area contributed by atoms with Crippen molar-refractivity contribution in [2.75, 3.05) is 19.6 Å². The van der Waals surface area contributed by atoms with E-state index in [0.717, 1.165) is 31.7 Å². The summed E-state index contributed by atoms with van der Waals surface area (Å²) in [5, 5.41) is 0. The molecular weight excluding hydrogens is 382 g/mol. The van der Waals surface area contributed by atoms with Crippen molar-refractivity contribution >= 4 is 5.91 Å². The number of hydrogen-bond donors (Lipinski definition) is 1.